The van der Waals surface area contributed by atoms with Gasteiger partial charge in [0, 0.05) is 17.6 Å². The molecule has 0 bridgehead atoms. The summed E-state index contributed by atoms with van der Waals surface area (Å²) in [7, 11) is 0. The molecule has 13 heavy (non-hydrogen) atoms. The Morgan fingerprint density at radius 2 is 2.54 bits per heavy atom. The van der Waals surface area contributed by atoms with E-state index in [0.29, 0.717) is 6.04 Å². The molecule has 0 radical (unpaired) electrons. The van der Waals surface area contributed by atoms with Crippen LogP contribution in [0.15, 0.2) is 11.6 Å². The Bertz CT molecular complexity index is 280. The van der Waals surface area contributed by atoms with Crippen molar-refractivity contribution >= 4 is 28.7 Å². The molecule has 0 aliphatic heterocycles. The van der Waals surface area contributed by atoms with Gasteiger partial charge in [-0.15, -0.1) is 11.3 Å². The smallest absolute Gasteiger partial charge is 0.166 e. The fourth-order valence-corrected chi connectivity index (χ4v) is 1.76. The van der Waals surface area contributed by atoms with E-state index in [-0.39, 0.29) is 0 Å². The highest BCUT2D eigenvalue weighted by Crippen LogP contribution is 2.18. The monoisotopic (exact) mass is 213 g/mol. The fourth-order valence-electron chi connectivity index (χ4n) is 0.960. The molecule has 0 spiro atoms. The second-order valence-corrected chi connectivity index (χ2v) is 4.41. The van der Waals surface area contributed by atoms with E-state index in [9.17, 15) is 0 Å². The first-order valence-corrected chi connectivity index (χ1v) is 5.56. The average Bonchev–Trinajstić information content (AvgIpc) is 2.78. The van der Waals surface area contributed by atoms with E-state index in [2.05, 4.69) is 15.6 Å². The Labute approximate surface area is 86.6 Å². The maximum Gasteiger partial charge on any atom is 0.166 e. The molecule has 2 rings (SSSR count). The number of aromatic nitrogens is 1. The second-order valence-electron chi connectivity index (χ2n) is 3.03. The van der Waals surface area contributed by atoms with Crippen LogP contribution < -0.4 is 10.6 Å². The van der Waals surface area contributed by atoms with E-state index in [0.717, 1.165) is 16.7 Å². The topological polar surface area (TPSA) is 37.0 Å². The lowest BCUT2D eigenvalue weighted by Crippen LogP contribution is -2.35. The molecule has 0 atom stereocenters. The average molecular weight is 213 g/mol. The summed E-state index contributed by atoms with van der Waals surface area (Å²) in [6.07, 6.45) is 4.30. The van der Waals surface area contributed by atoms with E-state index in [1.807, 2.05) is 5.38 Å². The standard InChI is InChI=1S/C8H11N3S2/c12-8(11-6-1-2-6)10-5-7-9-3-4-13-7/h3-4,6H,1-2,5H2,(H2,10,11,12). The van der Waals surface area contributed by atoms with Gasteiger partial charge in [0.25, 0.3) is 0 Å². The number of nitrogens with zero attached hydrogens (tertiary/aromatic N) is 1. The van der Waals surface area contributed by atoms with Gasteiger partial charge in [0.2, 0.25) is 0 Å². The summed E-state index contributed by atoms with van der Waals surface area (Å²) in [6.45, 7) is 0.732. The molecule has 0 aromatic carbocycles. The van der Waals surface area contributed by atoms with Gasteiger partial charge in [-0.3, -0.25) is 0 Å². The number of thiazole rings is 1. The van der Waals surface area contributed by atoms with Crippen LogP contribution in [-0.4, -0.2) is 16.1 Å². The quantitative estimate of drug-likeness (QED) is 0.741. The van der Waals surface area contributed by atoms with Gasteiger partial charge in [-0.2, -0.15) is 0 Å². The zero-order chi connectivity index (χ0) is 9.10. The predicted molar refractivity (Wildman–Crippen MR) is 57.7 cm³/mol. The maximum atomic E-state index is 5.10. The summed E-state index contributed by atoms with van der Waals surface area (Å²) in [5, 5.41) is 10.1. The SMILES string of the molecule is S=C(NCc1nccs1)NC1CC1. The first kappa shape index (κ1) is 8.90. The molecule has 1 aliphatic rings. The molecule has 0 saturated heterocycles. The van der Waals surface area contributed by atoms with Crippen LogP contribution in [0.2, 0.25) is 0 Å². The molecular weight excluding hydrogens is 202 g/mol. The molecule has 1 heterocycles. The molecule has 1 aromatic rings. The van der Waals surface area contributed by atoms with Crippen LogP contribution >= 0.6 is 23.6 Å². The van der Waals surface area contributed by atoms with Crippen LogP contribution in [0.3, 0.4) is 0 Å². The first-order chi connectivity index (χ1) is 6.34. The molecule has 70 valence electrons. The Hall–Kier alpha value is -0.680. The third-order valence-electron chi connectivity index (χ3n) is 1.80. The largest absolute Gasteiger partial charge is 0.360 e. The molecule has 1 aromatic heterocycles. The van der Waals surface area contributed by atoms with Crippen LogP contribution in [0, 0.1) is 0 Å². The summed E-state index contributed by atoms with van der Waals surface area (Å²) in [5.41, 5.74) is 0. The third kappa shape index (κ3) is 2.93. The highest BCUT2D eigenvalue weighted by molar-refractivity contribution is 7.80. The Morgan fingerprint density at radius 3 is 3.15 bits per heavy atom. The molecule has 5 heteroatoms. The van der Waals surface area contributed by atoms with E-state index >= 15 is 0 Å². The van der Waals surface area contributed by atoms with Crippen molar-refractivity contribution in [1.29, 1.82) is 0 Å². The lowest BCUT2D eigenvalue weighted by atomic mass is 10.6. The number of thiocarbonyl (C=S) groups is 1. The lowest BCUT2D eigenvalue weighted by molar-refractivity contribution is 0.824. The van der Waals surface area contributed by atoms with Crippen LogP contribution in [0.1, 0.15) is 17.8 Å². The van der Waals surface area contributed by atoms with Crippen molar-refractivity contribution in [2.75, 3.05) is 0 Å². The summed E-state index contributed by atoms with van der Waals surface area (Å²) in [5.74, 6) is 0. The summed E-state index contributed by atoms with van der Waals surface area (Å²) < 4.78 is 0. The van der Waals surface area contributed by atoms with Gasteiger partial charge in [0.15, 0.2) is 5.11 Å². The summed E-state index contributed by atoms with van der Waals surface area (Å²) >= 11 is 6.74. The summed E-state index contributed by atoms with van der Waals surface area (Å²) in [6, 6.07) is 0.622. The molecule has 1 saturated carbocycles. The molecule has 0 unspecified atom stereocenters. The predicted octanol–water partition coefficient (Wildman–Crippen LogP) is 1.27. The minimum Gasteiger partial charge on any atom is -0.360 e. The van der Waals surface area contributed by atoms with E-state index in [1.54, 1.807) is 17.5 Å². The van der Waals surface area contributed by atoms with E-state index < -0.39 is 0 Å². The van der Waals surface area contributed by atoms with Crippen molar-refractivity contribution in [1.82, 2.24) is 15.6 Å². The number of hydrogen-bond acceptors (Lipinski definition) is 3. The van der Waals surface area contributed by atoms with Crippen LogP contribution in [0.4, 0.5) is 0 Å². The summed E-state index contributed by atoms with van der Waals surface area (Å²) in [4.78, 5) is 4.15. The zero-order valence-corrected chi connectivity index (χ0v) is 8.75. The van der Waals surface area contributed by atoms with Crippen LogP contribution in [0.5, 0.6) is 0 Å². The Balaban J connectivity index is 1.69. The highest BCUT2D eigenvalue weighted by Gasteiger charge is 2.21. The van der Waals surface area contributed by atoms with Gasteiger partial charge < -0.3 is 10.6 Å². The molecular formula is C8H11N3S2. The van der Waals surface area contributed by atoms with Gasteiger partial charge >= 0.3 is 0 Å². The van der Waals surface area contributed by atoms with Crippen molar-refractivity contribution in [3.8, 4) is 0 Å². The van der Waals surface area contributed by atoms with Crippen molar-refractivity contribution < 1.29 is 0 Å². The van der Waals surface area contributed by atoms with Gasteiger partial charge in [0.05, 0.1) is 6.54 Å². The second kappa shape index (κ2) is 4.02. The lowest BCUT2D eigenvalue weighted by Gasteiger charge is -2.07. The number of nitrogens with one attached hydrogen (secondary N) is 2. The third-order valence-corrected chi connectivity index (χ3v) is 2.84. The molecule has 3 nitrogen and oxygen atoms in total. The molecule has 1 fully saturated rings. The Morgan fingerprint density at radius 1 is 1.69 bits per heavy atom. The van der Waals surface area contributed by atoms with Crippen molar-refractivity contribution in [3.05, 3.63) is 16.6 Å². The minimum atomic E-state index is 0.622. The molecule has 1 aliphatic carbocycles. The molecule has 2 N–H and O–H groups in total. The van der Waals surface area contributed by atoms with Crippen molar-refractivity contribution in [3.63, 3.8) is 0 Å². The van der Waals surface area contributed by atoms with E-state index in [4.69, 9.17) is 12.2 Å². The number of hydrogen-bond donors (Lipinski definition) is 2. The van der Waals surface area contributed by atoms with E-state index in [1.165, 1.54) is 12.8 Å². The first-order valence-electron chi connectivity index (χ1n) is 4.27. The zero-order valence-electron chi connectivity index (χ0n) is 7.12. The minimum absolute atomic E-state index is 0.622. The van der Waals surface area contributed by atoms with Gasteiger partial charge in [-0.25, -0.2) is 4.98 Å². The van der Waals surface area contributed by atoms with Gasteiger partial charge in [-0.05, 0) is 25.1 Å². The normalized spacial score (nSPS) is 15.4. The molecule has 0 amide bonds. The van der Waals surface area contributed by atoms with Crippen LogP contribution in [-0.2, 0) is 6.54 Å². The fraction of sp³-hybridized carbons (Fsp3) is 0.500. The maximum absolute atomic E-state index is 5.10. The van der Waals surface area contributed by atoms with Crippen molar-refractivity contribution in [2.45, 2.75) is 25.4 Å². The van der Waals surface area contributed by atoms with Crippen LogP contribution in [0.25, 0.3) is 0 Å². The van der Waals surface area contributed by atoms with Crippen molar-refractivity contribution in [2.24, 2.45) is 0 Å². The van der Waals surface area contributed by atoms with Gasteiger partial charge in [-0.1, -0.05) is 0 Å². The Kier molecular flexibility index (Phi) is 2.75. The number of rotatable bonds is 3. The highest BCUT2D eigenvalue weighted by atomic mass is 32.1. The van der Waals surface area contributed by atoms with Gasteiger partial charge in [0.1, 0.15) is 5.01 Å².